The molecule has 1 aliphatic rings. The minimum atomic E-state index is -0.347. The van der Waals surface area contributed by atoms with E-state index in [-0.39, 0.29) is 12.3 Å². The summed E-state index contributed by atoms with van der Waals surface area (Å²) in [5, 5.41) is 19.3. The van der Waals surface area contributed by atoms with Crippen LogP contribution in [0.4, 0.5) is 0 Å². The van der Waals surface area contributed by atoms with Crippen molar-refractivity contribution in [1.29, 1.82) is 0 Å². The predicted molar refractivity (Wildman–Crippen MR) is 193 cm³/mol. The number of hydrogen-bond donors (Lipinski definition) is 2. The monoisotopic (exact) mass is 604 g/mol. The van der Waals surface area contributed by atoms with Crippen LogP contribution in [0.15, 0.2) is 155 Å². The van der Waals surface area contributed by atoms with E-state index in [4.69, 9.17) is 14.4 Å². The van der Waals surface area contributed by atoms with Gasteiger partial charge < -0.3 is 9.73 Å². The molecule has 5 heteroatoms. The minimum Gasteiger partial charge on any atom is -0.456 e. The molecule has 3 heterocycles. The largest absolute Gasteiger partial charge is 0.456 e. The van der Waals surface area contributed by atoms with E-state index in [0.29, 0.717) is 0 Å². The number of pyridine rings is 1. The number of nitrogens with zero attached hydrogens (tertiary/aromatic N) is 2. The van der Waals surface area contributed by atoms with Gasteiger partial charge in [-0.2, -0.15) is 0 Å². The van der Waals surface area contributed by atoms with Crippen LogP contribution in [0, 0.1) is 0 Å². The van der Waals surface area contributed by atoms with Crippen molar-refractivity contribution >= 4 is 70.9 Å². The third-order valence-electron chi connectivity index (χ3n) is 9.55. The van der Waals surface area contributed by atoms with Crippen molar-refractivity contribution in [3.63, 3.8) is 0 Å². The molecule has 2 aromatic heterocycles. The van der Waals surface area contributed by atoms with Crippen molar-refractivity contribution in [2.75, 3.05) is 0 Å². The van der Waals surface area contributed by atoms with Crippen LogP contribution < -0.4 is 10.6 Å². The molecule has 0 fully saturated rings. The summed E-state index contributed by atoms with van der Waals surface area (Å²) in [6, 6.07) is 49.2. The highest BCUT2D eigenvalue weighted by atomic mass is 16.3. The number of aromatic nitrogens is 1. The lowest BCUT2D eigenvalue weighted by Crippen LogP contribution is -2.45. The maximum absolute atomic E-state index is 6.28. The number of para-hydroxylation sites is 1. The average Bonchev–Trinajstić information content (AvgIpc) is 3.53. The first-order valence-electron chi connectivity index (χ1n) is 16.0. The first-order valence-corrected chi connectivity index (χ1v) is 16.0. The molecular weight excluding hydrogens is 576 g/mol. The molecule has 7 aromatic carbocycles. The zero-order chi connectivity index (χ0) is 30.9. The van der Waals surface area contributed by atoms with Gasteiger partial charge in [0.05, 0.1) is 11.1 Å². The second kappa shape index (κ2) is 10.2. The molecule has 2 atom stereocenters. The Morgan fingerprint density at radius 1 is 0.532 bits per heavy atom. The van der Waals surface area contributed by atoms with Gasteiger partial charge in [-0.25, -0.2) is 4.99 Å². The van der Waals surface area contributed by atoms with Crippen LogP contribution in [-0.4, -0.2) is 10.8 Å². The normalized spacial score (nSPS) is 16.7. The van der Waals surface area contributed by atoms with Crippen LogP contribution in [-0.2, 0) is 0 Å². The Morgan fingerprint density at radius 3 is 2.15 bits per heavy atom. The molecule has 0 radical (unpaired) electrons. The Morgan fingerprint density at radius 2 is 1.26 bits per heavy atom. The fourth-order valence-corrected chi connectivity index (χ4v) is 7.37. The van der Waals surface area contributed by atoms with Crippen LogP contribution in [0.1, 0.15) is 29.2 Å². The summed E-state index contributed by atoms with van der Waals surface area (Å²) in [5.74, 6) is 0.825. The van der Waals surface area contributed by atoms with Gasteiger partial charge in [0, 0.05) is 22.5 Å². The highest BCUT2D eigenvalue weighted by molar-refractivity contribution is 6.26. The van der Waals surface area contributed by atoms with Gasteiger partial charge >= 0.3 is 0 Å². The summed E-state index contributed by atoms with van der Waals surface area (Å²) in [5.41, 5.74) is 4.69. The molecule has 0 saturated heterocycles. The van der Waals surface area contributed by atoms with E-state index >= 15 is 0 Å². The molecule has 2 unspecified atom stereocenters. The van der Waals surface area contributed by atoms with Crippen molar-refractivity contribution in [2.24, 2.45) is 4.99 Å². The van der Waals surface area contributed by atoms with Gasteiger partial charge in [0.25, 0.3) is 0 Å². The van der Waals surface area contributed by atoms with Gasteiger partial charge in [0.15, 0.2) is 0 Å². The third kappa shape index (κ3) is 4.14. The highest BCUT2D eigenvalue weighted by Gasteiger charge is 2.30. The number of fused-ring (bicyclic) bond motifs is 9. The van der Waals surface area contributed by atoms with Crippen LogP contribution in [0.5, 0.6) is 0 Å². The Labute approximate surface area is 270 Å². The third-order valence-corrected chi connectivity index (χ3v) is 9.55. The number of aliphatic imine (C=N–C) groups is 1. The van der Waals surface area contributed by atoms with E-state index in [1.54, 1.807) is 0 Å². The molecule has 9 aromatic rings. The molecule has 0 aliphatic carbocycles. The number of nitrogens with one attached hydrogen (secondary N) is 2. The first-order chi connectivity index (χ1) is 23.3. The summed E-state index contributed by atoms with van der Waals surface area (Å²) in [4.78, 5) is 10.4. The number of rotatable bonds is 3. The van der Waals surface area contributed by atoms with E-state index in [2.05, 4.69) is 126 Å². The smallest absolute Gasteiger partial charge is 0.138 e. The van der Waals surface area contributed by atoms with Crippen molar-refractivity contribution in [3.8, 4) is 0 Å². The van der Waals surface area contributed by atoms with E-state index in [9.17, 15) is 0 Å². The lowest BCUT2D eigenvalue weighted by atomic mass is 9.92. The number of furan rings is 1. The molecule has 10 rings (SSSR count). The van der Waals surface area contributed by atoms with Crippen molar-refractivity contribution < 1.29 is 4.42 Å². The molecule has 0 bridgehead atoms. The summed E-state index contributed by atoms with van der Waals surface area (Å²) in [7, 11) is 0. The first kappa shape index (κ1) is 26.2. The topological polar surface area (TPSA) is 62.5 Å². The quantitative estimate of drug-likeness (QED) is 0.197. The number of benzene rings is 7. The maximum Gasteiger partial charge on any atom is 0.138 e. The van der Waals surface area contributed by atoms with E-state index in [0.717, 1.165) is 44.6 Å². The second-order valence-corrected chi connectivity index (χ2v) is 12.3. The lowest BCUT2D eigenvalue weighted by molar-refractivity contribution is 0.404. The van der Waals surface area contributed by atoms with Gasteiger partial charge in [-0.3, -0.25) is 10.3 Å². The molecule has 0 saturated carbocycles. The van der Waals surface area contributed by atoms with Gasteiger partial charge in [0.2, 0.25) is 0 Å². The molecular formula is C42H28N4O. The van der Waals surface area contributed by atoms with Crippen LogP contribution in [0.2, 0.25) is 0 Å². The lowest BCUT2D eigenvalue weighted by Gasteiger charge is -2.32. The maximum atomic E-state index is 6.28. The zero-order valence-corrected chi connectivity index (χ0v) is 25.3. The summed E-state index contributed by atoms with van der Waals surface area (Å²) >= 11 is 0. The Bertz CT molecular complexity index is 2730. The second-order valence-electron chi connectivity index (χ2n) is 12.3. The van der Waals surface area contributed by atoms with Gasteiger partial charge in [-0.1, -0.05) is 115 Å². The molecule has 47 heavy (non-hydrogen) atoms. The summed E-state index contributed by atoms with van der Waals surface area (Å²) < 4.78 is 6.28. The van der Waals surface area contributed by atoms with Gasteiger partial charge in [-0.05, 0) is 67.5 Å². The fourth-order valence-electron chi connectivity index (χ4n) is 7.37. The Hall–Kier alpha value is -6.04. The van der Waals surface area contributed by atoms with Crippen LogP contribution in [0.25, 0.3) is 65.0 Å². The summed E-state index contributed by atoms with van der Waals surface area (Å²) in [6.07, 6.45) is 1.16. The zero-order valence-electron chi connectivity index (χ0n) is 25.3. The van der Waals surface area contributed by atoms with E-state index < -0.39 is 0 Å². The van der Waals surface area contributed by atoms with E-state index in [1.165, 1.54) is 43.1 Å². The van der Waals surface area contributed by atoms with Gasteiger partial charge in [0.1, 0.15) is 29.3 Å². The Balaban J connectivity index is 1.24. The van der Waals surface area contributed by atoms with Crippen LogP contribution in [0.3, 0.4) is 0 Å². The molecule has 0 amide bonds. The van der Waals surface area contributed by atoms with Crippen molar-refractivity contribution in [1.82, 2.24) is 15.6 Å². The van der Waals surface area contributed by atoms with Crippen molar-refractivity contribution in [2.45, 2.75) is 12.3 Å². The predicted octanol–water partition coefficient (Wildman–Crippen LogP) is 9.93. The summed E-state index contributed by atoms with van der Waals surface area (Å²) in [6.45, 7) is 0. The molecule has 2 N–H and O–H groups in total. The average molecular weight is 605 g/mol. The standard InChI is InChI=1S/C42H28N4O/c1-2-11-27-23-29(18-17-25(27)9-1)40-44-41(46-42(45-40)39-38-33-15-7-8-16-35(33)47-36(38)21-22-43-39)34-24-28-12-4-5-13-30(28)32-20-19-26-10-3-6-14-31(26)37(32)34/h1-24,40,42,45H,(H,44,46). The number of hydrogen-bond acceptors (Lipinski definition) is 5. The fraction of sp³-hybridized carbons (Fsp3) is 0.0476. The van der Waals surface area contributed by atoms with Crippen LogP contribution >= 0.6 is 0 Å². The molecule has 0 spiro atoms. The molecule has 5 nitrogen and oxygen atoms in total. The minimum absolute atomic E-state index is 0.326. The number of amidine groups is 1. The Kier molecular flexibility index (Phi) is 5.71. The van der Waals surface area contributed by atoms with Crippen molar-refractivity contribution in [3.05, 3.63) is 163 Å². The molecule has 1 aliphatic heterocycles. The molecule has 222 valence electrons. The van der Waals surface area contributed by atoms with Gasteiger partial charge in [-0.15, -0.1) is 0 Å². The van der Waals surface area contributed by atoms with E-state index in [1.807, 2.05) is 30.5 Å². The highest BCUT2D eigenvalue weighted by Crippen LogP contribution is 2.38. The SMILES string of the molecule is c1ccc2cc(C3N=C(c4cc5ccccc5c5ccc6ccccc6c45)NC(c4nccc5oc6ccccc6c45)N3)ccc2c1.